The first kappa shape index (κ1) is 22.6. The predicted molar refractivity (Wildman–Crippen MR) is 159 cm³/mol. The first-order valence-electron chi connectivity index (χ1n) is 12.3. The molecule has 1 nitrogen and oxygen atoms in total. The summed E-state index contributed by atoms with van der Waals surface area (Å²) in [6.45, 7) is 0. The zero-order valence-corrected chi connectivity index (χ0v) is 22.5. The number of anilines is 1. The number of nitrogens with zero attached hydrogens (tertiary/aromatic N) is 1. The Balaban J connectivity index is 1.78. The van der Waals surface area contributed by atoms with Crippen LogP contribution >= 0.6 is 0 Å². The molecule has 0 fully saturated rings. The van der Waals surface area contributed by atoms with Crippen LogP contribution in [0, 0.1) is 0 Å². The summed E-state index contributed by atoms with van der Waals surface area (Å²) in [5, 5.41) is 5.18. The predicted octanol–water partition coefficient (Wildman–Crippen LogP) is 6.24. The third-order valence-corrected chi connectivity index (χ3v) is 12.0. The van der Waals surface area contributed by atoms with Crippen LogP contribution in [-0.2, 0) is 0 Å². The molecule has 0 saturated heterocycles. The normalized spacial score (nSPS) is 11.3. The van der Waals surface area contributed by atoms with Crippen molar-refractivity contribution in [3.8, 4) is 11.1 Å². The van der Waals surface area contributed by atoms with Crippen LogP contribution in [0.3, 0.4) is 0 Å². The molecule has 0 amide bonds. The van der Waals surface area contributed by atoms with Crippen LogP contribution in [0.2, 0.25) is 0 Å². The Morgan fingerprint density at radius 2 is 0.917 bits per heavy atom. The van der Waals surface area contributed by atoms with Crippen molar-refractivity contribution in [2.75, 3.05) is 19.0 Å². The molecule has 6 aromatic rings. The van der Waals surface area contributed by atoms with Crippen LogP contribution < -0.4 is 18.0 Å². The van der Waals surface area contributed by atoms with Gasteiger partial charge in [0.2, 0.25) is 0 Å². The molecule has 0 heterocycles. The van der Waals surface area contributed by atoms with Gasteiger partial charge in [-0.25, -0.2) is 0 Å². The van der Waals surface area contributed by atoms with E-state index in [1.54, 1.807) is 0 Å². The maximum absolute atomic E-state index is 2.42. The minimum absolute atomic E-state index is 1.25. The van der Waals surface area contributed by atoms with Gasteiger partial charge in [-0.15, -0.1) is 0 Å². The molecule has 0 spiro atoms. The Bertz CT molecular complexity index is 1620. The molecular weight excluding hydrogens is 497 g/mol. The molecule has 0 atom stereocenters. The first-order chi connectivity index (χ1) is 17.7. The molecule has 0 unspecified atom stereocenters. The van der Waals surface area contributed by atoms with E-state index in [0.717, 1.165) is 0 Å². The van der Waals surface area contributed by atoms with E-state index >= 15 is 0 Å². The maximum atomic E-state index is 2.42. The standard InChI is InChI=1S/C34H28AsN/c1-36(2)32-24-22-26-14-10-12-20-30(26)34(32)33-29-19-11-9-13-25(29)21-23-31(33)35(27-15-5-3-6-16-27)28-17-7-4-8-18-28/h3-24H,1-2H3. The van der Waals surface area contributed by atoms with Crippen molar-refractivity contribution in [1.29, 1.82) is 0 Å². The zero-order valence-electron chi connectivity index (χ0n) is 20.6. The van der Waals surface area contributed by atoms with Crippen LogP contribution in [0.5, 0.6) is 0 Å². The number of fused-ring (bicyclic) bond motifs is 2. The van der Waals surface area contributed by atoms with E-state index < -0.39 is 14.7 Å². The van der Waals surface area contributed by atoms with Gasteiger partial charge >= 0.3 is 219 Å². The number of rotatable bonds is 5. The second-order valence-corrected chi connectivity index (χ2v) is 13.8. The molecule has 6 aromatic carbocycles. The van der Waals surface area contributed by atoms with Crippen LogP contribution in [0.15, 0.2) is 133 Å². The Morgan fingerprint density at radius 1 is 0.444 bits per heavy atom. The minimum atomic E-state index is -1.87. The number of hydrogen-bond acceptors (Lipinski definition) is 1. The molecule has 0 radical (unpaired) electrons. The molecule has 0 aliphatic rings. The Hall–Kier alpha value is -3.80. The molecule has 0 aliphatic heterocycles. The topological polar surface area (TPSA) is 3.24 Å². The summed E-state index contributed by atoms with van der Waals surface area (Å²) in [6.07, 6.45) is 0. The molecule has 2 heteroatoms. The molecule has 0 N–H and O–H groups in total. The average Bonchev–Trinajstić information content (AvgIpc) is 2.93. The van der Waals surface area contributed by atoms with Crippen molar-refractivity contribution >= 4 is 54.9 Å². The van der Waals surface area contributed by atoms with Gasteiger partial charge in [0.05, 0.1) is 0 Å². The van der Waals surface area contributed by atoms with Gasteiger partial charge in [0.25, 0.3) is 0 Å². The molecule has 6 rings (SSSR count). The third-order valence-electron chi connectivity index (χ3n) is 6.82. The summed E-state index contributed by atoms with van der Waals surface area (Å²) < 4.78 is 4.36. The molecule has 36 heavy (non-hydrogen) atoms. The Morgan fingerprint density at radius 3 is 1.47 bits per heavy atom. The fourth-order valence-corrected chi connectivity index (χ4v) is 10.4. The van der Waals surface area contributed by atoms with Crippen LogP contribution in [0.25, 0.3) is 32.7 Å². The van der Waals surface area contributed by atoms with E-state index in [9.17, 15) is 0 Å². The van der Waals surface area contributed by atoms with Crippen molar-refractivity contribution in [3.63, 3.8) is 0 Å². The van der Waals surface area contributed by atoms with Crippen molar-refractivity contribution in [2.45, 2.75) is 0 Å². The van der Waals surface area contributed by atoms with Gasteiger partial charge in [0.15, 0.2) is 0 Å². The van der Waals surface area contributed by atoms with E-state index in [1.165, 1.54) is 51.4 Å². The third kappa shape index (κ3) is 4.00. The summed E-state index contributed by atoms with van der Waals surface area (Å²) in [7, 11) is 4.31. The quantitative estimate of drug-likeness (QED) is 0.241. The van der Waals surface area contributed by atoms with Gasteiger partial charge in [-0.05, 0) is 0 Å². The molecule has 0 aromatic heterocycles. The molecule has 174 valence electrons. The van der Waals surface area contributed by atoms with Crippen LogP contribution in [0.1, 0.15) is 0 Å². The Labute approximate surface area is 217 Å². The summed E-state index contributed by atoms with van der Waals surface area (Å²) in [5.41, 5.74) is 3.96. The van der Waals surface area contributed by atoms with Gasteiger partial charge in [-0.1, -0.05) is 0 Å². The second-order valence-electron chi connectivity index (χ2n) is 9.26. The molecule has 0 aliphatic carbocycles. The van der Waals surface area contributed by atoms with E-state index in [-0.39, 0.29) is 0 Å². The van der Waals surface area contributed by atoms with E-state index in [0.29, 0.717) is 0 Å². The van der Waals surface area contributed by atoms with Gasteiger partial charge in [0, 0.05) is 0 Å². The zero-order chi connectivity index (χ0) is 24.5. The molecule has 0 saturated carbocycles. The summed E-state index contributed by atoms with van der Waals surface area (Å²) in [5.74, 6) is 0. The van der Waals surface area contributed by atoms with Crippen LogP contribution in [-0.4, -0.2) is 28.7 Å². The SMILES string of the molecule is CN(C)c1ccc2ccccc2c1-c1c([As](c2ccccc2)c2ccccc2)ccc2ccccc12. The van der Waals surface area contributed by atoms with E-state index in [1.807, 2.05) is 0 Å². The van der Waals surface area contributed by atoms with E-state index in [2.05, 4.69) is 152 Å². The summed E-state index contributed by atoms with van der Waals surface area (Å²) in [4.78, 5) is 2.26. The van der Waals surface area contributed by atoms with Gasteiger partial charge < -0.3 is 0 Å². The second kappa shape index (κ2) is 9.69. The summed E-state index contributed by atoms with van der Waals surface area (Å²) >= 11 is -1.87. The first-order valence-corrected chi connectivity index (χ1v) is 15.2. The van der Waals surface area contributed by atoms with Gasteiger partial charge in [0.1, 0.15) is 0 Å². The van der Waals surface area contributed by atoms with Crippen molar-refractivity contribution < 1.29 is 0 Å². The number of hydrogen-bond donors (Lipinski definition) is 0. The van der Waals surface area contributed by atoms with Crippen LogP contribution in [0.4, 0.5) is 5.69 Å². The van der Waals surface area contributed by atoms with Crippen molar-refractivity contribution in [3.05, 3.63) is 133 Å². The van der Waals surface area contributed by atoms with Gasteiger partial charge in [-0.2, -0.15) is 0 Å². The molecule has 0 bridgehead atoms. The number of benzene rings is 6. The fourth-order valence-electron chi connectivity index (χ4n) is 5.19. The van der Waals surface area contributed by atoms with E-state index in [4.69, 9.17) is 0 Å². The average molecular weight is 526 g/mol. The summed E-state index contributed by atoms with van der Waals surface area (Å²) in [6, 6.07) is 49.2. The van der Waals surface area contributed by atoms with Crippen molar-refractivity contribution in [2.24, 2.45) is 0 Å². The molecular formula is C34H28AsN. The monoisotopic (exact) mass is 525 g/mol. The van der Waals surface area contributed by atoms with Gasteiger partial charge in [-0.3, -0.25) is 0 Å². The van der Waals surface area contributed by atoms with Crippen molar-refractivity contribution in [1.82, 2.24) is 0 Å². The Kier molecular flexibility index (Phi) is 6.09. The fraction of sp³-hybridized carbons (Fsp3) is 0.0588.